The number of H-pyrrole nitrogens is 1. The minimum absolute atomic E-state index is 0.268. The molecule has 6 nitrogen and oxygen atoms in total. The van der Waals surface area contributed by atoms with Gasteiger partial charge < -0.3 is 15.6 Å². The topological polar surface area (TPSA) is 89.4 Å². The zero-order valence-electron chi connectivity index (χ0n) is 13.8. The van der Waals surface area contributed by atoms with Crippen molar-refractivity contribution in [1.82, 2.24) is 15.0 Å². The SMILES string of the molecule is N#Cc1cc(Nc2cncc(Cl)c2)cc(Nc2cc(Cl)c3cc[nH]c3c2)n1. The number of aromatic amines is 1. The first-order valence-corrected chi connectivity index (χ1v) is 8.70. The number of pyridine rings is 2. The maximum Gasteiger partial charge on any atom is 0.144 e. The van der Waals surface area contributed by atoms with Gasteiger partial charge in [-0.05, 0) is 30.3 Å². The summed E-state index contributed by atoms with van der Waals surface area (Å²) in [4.78, 5) is 11.5. The number of nitriles is 1. The van der Waals surface area contributed by atoms with Gasteiger partial charge in [-0.15, -0.1) is 0 Å². The van der Waals surface area contributed by atoms with E-state index in [0.717, 1.165) is 16.6 Å². The molecule has 3 aromatic heterocycles. The molecule has 4 aromatic rings. The van der Waals surface area contributed by atoms with Gasteiger partial charge in [0.05, 0.1) is 21.9 Å². The highest BCUT2D eigenvalue weighted by atomic mass is 35.5. The molecule has 1 aromatic carbocycles. The molecule has 0 bridgehead atoms. The molecule has 8 heteroatoms. The fraction of sp³-hybridized carbons (Fsp3) is 0. The lowest BCUT2D eigenvalue weighted by Gasteiger charge is -2.11. The van der Waals surface area contributed by atoms with Crippen LogP contribution < -0.4 is 10.6 Å². The van der Waals surface area contributed by atoms with E-state index in [1.54, 1.807) is 30.6 Å². The van der Waals surface area contributed by atoms with Crippen LogP contribution in [0.1, 0.15) is 5.69 Å². The molecule has 0 aliphatic rings. The van der Waals surface area contributed by atoms with Gasteiger partial charge in [0.2, 0.25) is 0 Å². The van der Waals surface area contributed by atoms with Crippen molar-refractivity contribution >= 4 is 57.0 Å². The average molecular weight is 395 g/mol. The third kappa shape index (κ3) is 3.80. The number of anilines is 4. The molecule has 0 saturated heterocycles. The summed E-state index contributed by atoms with van der Waals surface area (Å²) < 4.78 is 0. The van der Waals surface area contributed by atoms with Crippen LogP contribution in [-0.2, 0) is 0 Å². The average Bonchev–Trinajstić information content (AvgIpc) is 3.10. The van der Waals surface area contributed by atoms with Crippen LogP contribution >= 0.6 is 23.2 Å². The van der Waals surface area contributed by atoms with Gasteiger partial charge in [-0.2, -0.15) is 5.26 Å². The normalized spacial score (nSPS) is 10.6. The van der Waals surface area contributed by atoms with Crippen LogP contribution in [-0.4, -0.2) is 15.0 Å². The quantitative estimate of drug-likeness (QED) is 0.417. The summed E-state index contributed by atoms with van der Waals surface area (Å²) >= 11 is 12.3. The molecular weight excluding hydrogens is 383 g/mol. The van der Waals surface area contributed by atoms with Crippen LogP contribution in [0.25, 0.3) is 10.9 Å². The van der Waals surface area contributed by atoms with Gasteiger partial charge in [0, 0.05) is 40.7 Å². The lowest BCUT2D eigenvalue weighted by atomic mass is 10.2. The van der Waals surface area contributed by atoms with E-state index in [4.69, 9.17) is 23.2 Å². The number of nitrogens with zero attached hydrogens (tertiary/aromatic N) is 3. The summed E-state index contributed by atoms with van der Waals surface area (Å²) in [5.41, 5.74) is 3.32. The summed E-state index contributed by atoms with van der Waals surface area (Å²) in [6.45, 7) is 0. The Kier molecular flexibility index (Phi) is 4.55. The molecule has 0 amide bonds. The molecule has 4 rings (SSSR count). The second-order valence-corrected chi connectivity index (χ2v) is 6.62. The minimum Gasteiger partial charge on any atom is -0.361 e. The Balaban J connectivity index is 1.66. The monoisotopic (exact) mass is 394 g/mol. The summed E-state index contributed by atoms with van der Waals surface area (Å²) in [6.07, 6.45) is 5.02. The number of fused-ring (bicyclic) bond motifs is 1. The number of halogens is 2. The summed E-state index contributed by atoms with van der Waals surface area (Å²) in [5.74, 6) is 0.508. The predicted molar refractivity (Wildman–Crippen MR) is 108 cm³/mol. The molecule has 27 heavy (non-hydrogen) atoms. The Labute approximate surface area is 164 Å². The molecular formula is C19H12Cl2N6. The van der Waals surface area contributed by atoms with E-state index in [0.29, 0.717) is 27.2 Å². The number of benzene rings is 1. The molecule has 3 N–H and O–H groups in total. The fourth-order valence-electron chi connectivity index (χ4n) is 2.71. The Morgan fingerprint density at radius 2 is 1.81 bits per heavy atom. The first-order valence-electron chi connectivity index (χ1n) is 7.94. The van der Waals surface area contributed by atoms with Crippen molar-refractivity contribution in [3.05, 3.63) is 70.7 Å². The lowest BCUT2D eigenvalue weighted by Crippen LogP contribution is -1.99. The zero-order chi connectivity index (χ0) is 18.8. The fourth-order valence-corrected chi connectivity index (χ4v) is 3.17. The van der Waals surface area contributed by atoms with E-state index < -0.39 is 0 Å². The molecule has 0 radical (unpaired) electrons. The summed E-state index contributed by atoms with van der Waals surface area (Å²) in [7, 11) is 0. The van der Waals surface area contributed by atoms with E-state index in [9.17, 15) is 5.26 Å². The molecule has 0 aliphatic carbocycles. The molecule has 0 unspecified atom stereocenters. The summed E-state index contributed by atoms with van der Waals surface area (Å²) in [6, 6.07) is 12.9. The van der Waals surface area contributed by atoms with Crippen LogP contribution in [0.15, 0.2) is 55.0 Å². The van der Waals surface area contributed by atoms with Crippen molar-refractivity contribution < 1.29 is 0 Å². The van der Waals surface area contributed by atoms with Gasteiger partial charge in [-0.1, -0.05) is 23.2 Å². The Morgan fingerprint density at radius 1 is 0.963 bits per heavy atom. The van der Waals surface area contributed by atoms with Gasteiger partial charge in [0.15, 0.2) is 0 Å². The molecule has 0 aliphatic heterocycles. The predicted octanol–water partition coefficient (Wildman–Crippen LogP) is 5.62. The highest BCUT2D eigenvalue weighted by Crippen LogP contribution is 2.29. The molecule has 0 spiro atoms. The van der Waals surface area contributed by atoms with Crippen LogP contribution in [0.2, 0.25) is 10.0 Å². The molecule has 0 saturated carbocycles. The first-order chi connectivity index (χ1) is 13.1. The van der Waals surface area contributed by atoms with Crippen molar-refractivity contribution in [2.24, 2.45) is 0 Å². The van der Waals surface area contributed by atoms with Gasteiger partial charge >= 0.3 is 0 Å². The number of hydrogen-bond acceptors (Lipinski definition) is 5. The van der Waals surface area contributed by atoms with Crippen molar-refractivity contribution in [2.45, 2.75) is 0 Å². The van der Waals surface area contributed by atoms with Gasteiger partial charge in [0.25, 0.3) is 0 Å². The largest absolute Gasteiger partial charge is 0.361 e. The molecule has 3 heterocycles. The number of nitrogens with one attached hydrogen (secondary N) is 3. The van der Waals surface area contributed by atoms with Gasteiger partial charge in [-0.25, -0.2) is 4.98 Å². The first kappa shape index (κ1) is 17.2. The molecule has 132 valence electrons. The third-order valence-electron chi connectivity index (χ3n) is 3.82. The van der Waals surface area contributed by atoms with Gasteiger partial charge in [-0.3, -0.25) is 4.98 Å². The zero-order valence-corrected chi connectivity index (χ0v) is 15.3. The van der Waals surface area contributed by atoms with E-state index in [1.165, 1.54) is 0 Å². The summed E-state index contributed by atoms with van der Waals surface area (Å²) in [5, 5.41) is 17.7. The molecule has 0 fully saturated rings. The maximum atomic E-state index is 9.29. The van der Waals surface area contributed by atoms with Crippen LogP contribution in [0.4, 0.5) is 22.9 Å². The van der Waals surface area contributed by atoms with E-state index in [2.05, 4.69) is 31.7 Å². The van der Waals surface area contributed by atoms with Crippen molar-refractivity contribution in [1.29, 1.82) is 5.26 Å². The van der Waals surface area contributed by atoms with Crippen molar-refractivity contribution in [3.63, 3.8) is 0 Å². The van der Waals surface area contributed by atoms with Crippen LogP contribution in [0.3, 0.4) is 0 Å². The number of rotatable bonds is 4. The number of aromatic nitrogens is 3. The van der Waals surface area contributed by atoms with E-state index >= 15 is 0 Å². The highest BCUT2D eigenvalue weighted by molar-refractivity contribution is 6.35. The highest BCUT2D eigenvalue weighted by Gasteiger charge is 2.07. The maximum absolute atomic E-state index is 9.29. The van der Waals surface area contributed by atoms with Crippen molar-refractivity contribution in [2.75, 3.05) is 10.6 Å². The minimum atomic E-state index is 0.268. The van der Waals surface area contributed by atoms with Crippen LogP contribution in [0, 0.1) is 11.3 Å². The Hall–Kier alpha value is -3.27. The Morgan fingerprint density at radius 3 is 2.63 bits per heavy atom. The number of hydrogen-bond donors (Lipinski definition) is 3. The molecule has 0 atom stereocenters. The van der Waals surface area contributed by atoms with Crippen LogP contribution in [0.5, 0.6) is 0 Å². The second-order valence-electron chi connectivity index (χ2n) is 5.78. The third-order valence-corrected chi connectivity index (χ3v) is 4.34. The van der Waals surface area contributed by atoms with E-state index in [1.807, 2.05) is 24.4 Å². The van der Waals surface area contributed by atoms with Gasteiger partial charge in [0.1, 0.15) is 17.6 Å². The standard InChI is InChI=1S/C19H12Cl2N6/c20-11-3-15(10-23-9-11)25-12-4-14(8-22)27-19(7-12)26-13-5-17(21)16-1-2-24-18(16)6-13/h1-7,9-10,24H,(H2,25,26,27). The lowest BCUT2D eigenvalue weighted by molar-refractivity contribution is 1.25. The van der Waals surface area contributed by atoms with Crippen molar-refractivity contribution in [3.8, 4) is 6.07 Å². The second kappa shape index (κ2) is 7.16. The Bertz CT molecular complexity index is 1180. The van der Waals surface area contributed by atoms with E-state index in [-0.39, 0.29) is 5.69 Å². The smallest absolute Gasteiger partial charge is 0.144 e.